The van der Waals surface area contributed by atoms with E-state index in [4.69, 9.17) is 37.4 Å². The van der Waals surface area contributed by atoms with Crippen molar-refractivity contribution >= 4 is 52.9 Å². The molecule has 0 aliphatic carbocycles. The van der Waals surface area contributed by atoms with Crippen LogP contribution in [0, 0.1) is 11.6 Å². The van der Waals surface area contributed by atoms with E-state index in [1.807, 2.05) is 0 Å². The molecule has 4 aromatic heterocycles. The van der Waals surface area contributed by atoms with Crippen molar-refractivity contribution < 1.29 is 54.9 Å². The number of carbonyl (C=O) groups excluding carboxylic acids is 3. The van der Waals surface area contributed by atoms with Gasteiger partial charge >= 0.3 is 29.9 Å². The van der Waals surface area contributed by atoms with Gasteiger partial charge in [-0.25, -0.2) is 23.5 Å². The summed E-state index contributed by atoms with van der Waals surface area (Å²) in [6.07, 6.45) is 2.19. The molecule has 0 radical (unpaired) electrons. The minimum absolute atomic E-state index is 0.0519. The summed E-state index contributed by atoms with van der Waals surface area (Å²) in [6.45, 7) is 5.69. The van der Waals surface area contributed by atoms with E-state index in [1.165, 1.54) is 63.5 Å². The molecule has 4 aromatic rings. The molecule has 4 rings (SSSR count). The largest absolute Gasteiger partial charge is 0.466 e. The van der Waals surface area contributed by atoms with Crippen molar-refractivity contribution in [3.05, 3.63) is 105 Å². The number of nitrogens with zero attached hydrogens (tertiary/aromatic N) is 5. The molecular formula is C37H38Cl2F6N6O6. The van der Waals surface area contributed by atoms with E-state index in [-0.39, 0.29) is 34.4 Å². The highest BCUT2D eigenvalue weighted by Gasteiger charge is 2.41. The molecule has 0 aliphatic heterocycles. The molecule has 0 atom stereocenters. The molecule has 12 nitrogen and oxygen atoms in total. The molecule has 0 aromatic carbocycles. The Balaban J connectivity index is 0.000000315. The topological polar surface area (TPSA) is 146 Å². The molecular weight excluding hydrogens is 809 g/mol. The molecule has 1 N–H and O–H groups in total. The summed E-state index contributed by atoms with van der Waals surface area (Å²) in [5.74, 6) is -11.9. The fraction of sp³-hybridized carbons (Fsp3) is 0.378. The van der Waals surface area contributed by atoms with Crippen LogP contribution in [0.1, 0.15) is 57.1 Å². The zero-order valence-corrected chi connectivity index (χ0v) is 32.7. The number of nitrogens with one attached hydrogen (secondary N) is 1. The fourth-order valence-electron chi connectivity index (χ4n) is 4.61. The molecule has 0 saturated carbocycles. The summed E-state index contributed by atoms with van der Waals surface area (Å²) in [4.78, 5) is 51.1. The number of pyridine rings is 4. The summed E-state index contributed by atoms with van der Waals surface area (Å²) in [5.41, 5.74) is -2.66. The lowest BCUT2D eigenvalue weighted by Crippen LogP contribution is -2.44. The summed E-state index contributed by atoms with van der Waals surface area (Å²) < 4.78 is 102. The first-order valence-corrected chi connectivity index (χ1v) is 17.8. The molecule has 0 fully saturated rings. The highest BCUT2D eigenvalue weighted by Crippen LogP contribution is 2.34. The number of carbonyl (C=O) groups is 3. The maximum Gasteiger partial charge on any atom is 0.416 e. The molecule has 20 heteroatoms. The fourth-order valence-corrected chi connectivity index (χ4v) is 5.01. The third-order valence-electron chi connectivity index (χ3n) is 7.15. The van der Waals surface area contributed by atoms with Gasteiger partial charge in [-0.05, 0) is 58.9 Å². The van der Waals surface area contributed by atoms with Gasteiger partial charge in [0.25, 0.3) is 0 Å². The number of esters is 2. The maximum atomic E-state index is 15.3. The molecule has 1 amide bonds. The van der Waals surface area contributed by atoms with Crippen LogP contribution in [0.3, 0.4) is 0 Å². The van der Waals surface area contributed by atoms with Crippen LogP contribution in [0.15, 0.2) is 61.2 Å². The highest BCUT2D eigenvalue weighted by atomic mass is 35.5. The van der Waals surface area contributed by atoms with Crippen LogP contribution >= 0.6 is 23.2 Å². The van der Waals surface area contributed by atoms with E-state index in [0.29, 0.717) is 4.90 Å². The quantitative estimate of drug-likeness (QED) is 0.0741. The van der Waals surface area contributed by atoms with Crippen molar-refractivity contribution in [1.29, 1.82) is 0 Å². The Kier molecular flexibility index (Phi) is 16.4. The number of amides is 1. The molecule has 0 unspecified atom stereocenters. The van der Waals surface area contributed by atoms with Gasteiger partial charge in [-0.2, -0.15) is 17.6 Å². The van der Waals surface area contributed by atoms with Gasteiger partial charge in [0.15, 0.2) is 23.3 Å². The Labute approximate surface area is 333 Å². The Morgan fingerprint density at radius 3 is 1.70 bits per heavy atom. The van der Waals surface area contributed by atoms with Crippen molar-refractivity contribution in [3.63, 3.8) is 0 Å². The third-order valence-corrected chi connectivity index (χ3v) is 7.81. The molecule has 0 aliphatic rings. The van der Waals surface area contributed by atoms with E-state index in [0.717, 1.165) is 18.5 Å². The van der Waals surface area contributed by atoms with Crippen LogP contribution < -0.4 is 10.2 Å². The number of hydrogen-bond donors (Lipinski definition) is 1. The van der Waals surface area contributed by atoms with E-state index < -0.39 is 96.1 Å². The summed E-state index contributed by atoms with van der Waals surface area (Å²) >= 11 is 11.8. The van der Waals surface area contributed by atoms with Gasteiger partial charge in [0.05, 0.1) is 42.6 Å². The minimum atomic E-state index is -3.67. The van der Waals surface area contributed by atoms with E-state index in [1.54, 1.807) is 13.8 Å². The molecule has 4 heterocycles. The summed E-state index contributed by atoms with van der Waals surface area (Å²) in [6, 6.07) is 7.98. The van der Waals surface area contributed by atoms with Gasteiger partial charge in [0.1, 0.15) is 23.5 Å². The van der Waals surface area contributed by atoms with Crippen molar-refractivity contribution in [2.24, 2.45) is 0 Å². The standard InChI is InChI=1S/C21H23ClF3N3O4.C16H15ClF3N3O2/c1-5-31-16(29)10-13-14(22)11-27-18(17(13)23)28(19(30)32-20(2,3)4)12-21(24,25)15-8-6-7-9-26-15;1-2-25-13(24)7-10-11(17)8-22-15(14(10)18)23-9-16(19,20)12-5-3-4-6-21-12/h6-9,11H,5,10,12H2,1-4H3;3-6,8H,2,7,9H2,1H3,(H,22,23). The zero-order chi connectivity index (χ0) is 42.6. The average Bonchev–Trinajstić information content (AvgIpc) is 3.14. The number of halogens is 8. The number of ether oxygens (including phenoxy) is 3. The molecule has 0 bridgehead atoms. The predicted molar refractivity (Wildman–Crippen MR) is 197 cm³/mol. The lowest BCUT2D eigenvalue weighted by atomic mass is 10.1. The summed E-state index contributed by atoms with van der Waals surface area (Å²) in [7, 11) is 0. The number of rotatable bonds is 14. The van der Waals surface area contributed by atoms with Gasteiger partial charge in [0, 0.05) is 35.9 Å². The van der Waals surface area contributed by atoms with Crippen LogP contribution in [0.5, 0.6) is 0 Å². The molecule has 0 spiro atoms. The predicted octanol–water partition coefficient (Wildman–Crippen LogP) is 8.49. The van der Waals surface area contributed by atoms with Gasteiger partial charge in [-0.1, -0.05) is 35.3 Å². The molecule has 0 saturated heterocycles. The van der Waals surface area contributed by atoms with E-state index in [2.05, 4.69) is 25.3 Å². The minimum Gasteiger partial charge on any atom is -0.466 e. The van der Waals surface area contributed by atoms with Crippen LogP contribution in [-0.2, 0) is 48.5 Å². The van der Waals surface area contributed by atoms with Gasteiger partial charge < -0.3 is 19.5 Å². The van der Waals surface area contributed by atoms with Crippen molar-refractivity contribution in [1.82, 2.24) is 19.9 Å². The first kappa shape index (κ1) is 46.2. The lowest BCUT2D eigenvalue weighted by Gasteiger charge is -2.29. The SMILES string of the molecule is CCOC(=O)Cc1c(Cl)cnc(N(CC(F)(F)c2ccccn2)C(=O)OC(C)(C)C)c1F.CCOC(=O)Cc1c(Cl)cnc(NCC(F)(F)c2ccccn2)c1F. The molecule has 308 valence electrons. The van der Waals surface area contributed by atoms with Crippen molar-refractivity contribution in [2.45, 2.75) is 64.9 Å². The first-order valence-electron chi connectivity index (χ1n) is 17.0. The number of alkyl halides is 4. The second kappa shape index (κ2) is 20.3. The van der Waals surface area contributed by atoms with Gasteiger partial charge in [-0.3, -0.25) is 24.5 Å². The van der Waals surface area contributed by atoms with Crippen LogP contribution in [0.2, 0.25) is 10.0 Å². The number of anilines is 2. The Hall–Kier alpha value is -5.23. The second-order valence-electron chi connectivity index (χ2n) is 12.7. The van der Waals surface area contributed by atoms with E-state index in [9.17, 15) is 36.3 Å². The number of aromatic nitrogens is 4. The van der Waals surface area contributed by atoms with Crippen LogP contribution in [0.25, 0.3) is 0 Å². The highest BCUT2D eigenvalue weighted by molar-refractivity contribution is 6.31. The normalized spacial score (nSPS) is 11.5. The van der Waals surface area contributed by atoms with Crippen LogP contribution in [-0.4, -0.2) is 69.9 Å². The monoisotopic (exact) mass is 846 g/mol. The smallest absolute Gasteiger partial charge is 0.416 e. The van der Waals surface area contributed by atoms with Crippen molar-refractivity contribution in [2.75, 3.05) is 36.5 Å². The third kappa shape index (κ3) is 13.4. The Bertz CT molecular complexity index is 2000. The summed E-state index contributed by atoms with van der Waals surface area (Å²) in [5, 5.41) is 1.93. The van der Waals surface area contributed by atoms with Crippen molar-refractivity contribution in [3.8, 4) is 0 Å². The van der Waals surface area contributed by atoms with E-state index >= 15 is 4.39 Å². The Morgan fingerprint density at radius 1 is 0.737 bits per heavy atom. The first-order chi connectivity index (χ1) is 26.7. The maximum absolute atomic E-state index is 15.3. The average molecular weight is 848 g/mol. The zero-order valence-electron chi connectivity index (χ0n) is 31.2. The van der Waals surface area contributed by atoms with Gasteiger partial charge in [-0.15, -0.1) is 0 Å². The van der Waals surface area contributed by atoms with Crippen LogP contribution in [0.4, 0.5) is 42.8 Å². The molecule has 57 heavy (non-hydrogen) atoms. The van der Waals surface area contributed by atoms with Gasteiger partial charge in [0.2, 0.25) is 0 Å². The lowest BCUT2D eigenvalue weighted by molar-refractivity contribution is -0.143. The Morgan fingerprint density at radius 2 is 1.23 bits per heavy atom. The number of hydrogen-bond acceptors (Lipinski definition) is 11. The second-order valence-corrected chi connectivity index (χ2v) is 13.5.